The zero-order valence-corrected chi connectivity index (χ0v) is 10.1. The molecular formula is C14H20N2O. The monoisotopic (exact) mass is 232 g/mol. The highest BCUT2D eigenvalue weighted by molar-refractivity contribution is 5.29. The van der Waals surface area contributed by atoms with Gasteiger partial charge in [-0.2, -0.15) is 0 Å². The molecule has 2 N–H and O–H groups in total. The molecule has 17 heavy (non-hydrogen) atoms. The van der Waals surface area contributed by atoms with E-state index in [4.69, 9.17) is 4.74 Å². The molecule has 0 saturated carbocycles. The molecule has 2 saturated heterocycles. The molecule has 0 radical (unpaired) electrons. The van der Waals surface area contributed by atoms with Gasteiger partial charge < -0.3 is 15.4 Å². The quantitative estimate of drug-likeness (QED) is 0.809. The summed E-state index contributed by atoms with van der Waals surface area (Å²) < 4.78 is 5.80. The SMILES string of the molecule is c1cc(C2CCNC2)cc(C2CNCCO2)c1. The Bertz CT molecular complexity index is 368. The first-order chi connectivity index (χ1) is 8.43. The lowest BCUT2D eigenvalue weighted by molar-refractivity contribution is 0.0276. The fourth-order valence-corrected chi connectivity index (χ4v) is 2.73. The van der Waals surface area contributed by atoms with Gasteiger partial charge in [-0.3, -0.25) is 0 Å². The van der Waals surface area contributed by atoms with Crippen LogP contribution in [0.5, 0.6) is 0 Å². The van der Waals surface area contributed by atoms with Crippen molar-refractivity contribution in [2.24, 2.45) is 0 Å². The van der Waals surface area contributed by atoms with Gasteiger partial charge in [0.25, 0.3) is 0 Å². The van der Waals surface area contributed by atoms with Gasteiger partial charge >= 0.3 is 0 Å². The lowest BCUT2D eigenvalue weighted by atomic mass is 9.95. The zero-order chi connectivity index (χ0) is 11.5. The first-order valence-electron chi connectivity index (χ1n) is 6.56. The summed E-state index contributed by atoms with van der Waals surface area (Å²) >= 11 is 0. The maximum absolute atomic E-state index is 5.80. The number of nitrogens with one attached hydrogen (secondary N) is 2. The van der Waals surface area contributed by atoms with Crippen molar-refractivity contribution in [1.29, 1.82) is 0 Å². The van der Waals surface area contributed by atoms with Gasteiger partial charge in [0, 0.05) is 19.6 Å². The van der Waals surface area contributed by atoms with E-state index in [1.54, 1.807) is 0 Å². The lowest BCUT2D eigenvalue weighted by Gasteiger charge is -2.24. The fourth-order valence-electron chi connectivity index (χ4n) is 2.73. The van der Waals surface area contributed by atoms with E-state index >= 15 is 0 Å². The average molecular weight is 232 g/mol. The Morgan fingerprint density at radius 2 is 1.94 bits per heavy atom. The minimum atomic E-state index is 0.234. The highest BCUT2D eigenvalue weighted by Gasteiger charge is 2.19. The fraction of sp³-hybridized carbons (Fsp3) is 0.571. The zero-order valence-electron chi connectivity index (χ0n) is 10.1. The van der Waals surface area contributed by atoms with Gasteiger partial charge in [-0.1, -0.05) is 24.3 Å². The van der Waals surface area contributed by atoms with E-state index in [1.165, 1.54) is 17.5 Å². The van der Waals surface area contributed by atoms with Crippen LogP contribution in [0.3, 0.4) is 0 Å². The van der Waals surface area contributed by atoms with E-state index in [1.807, 2.05) is 0 Å². The third kappa shape index (κ3) is 2.51. The number of hydrogen-bond donors (Lipinski definition) is 2. The Hall–Kier alpha value is -0.900. The summed E-state index contributed by atoms with van der Waals surface area (Å²) in [5.74, 6) is 0.687. The summed E-state index contributed by atoms with van der Waals surface area (Å²) in [6.07, 6.45) is 1.49. The van der Waals surface area contributed by atoms with Crippen LogP contribution in [0.15, 0.2) is 24.3 Å². The van der Waals surface area contributed by atoms with Crippen LogP contribution in [-0.2, 0) is 4.74 Å². The van der Waals surface area contributed by atoms with Gasteiger partial charge in [0.15, 0.2) is 0 Å². The van der Waals surface area contributed by atoms with Crippen molar-refractivity contribution >= 4 is 0 Å². The van der Waals surface area contributed by atoms with Gasteiger partial charge in [-0.05, 0) is 30.0 Å². The Morgan fingerprint density at radius 3 is 2.71 bits per heavy atom. The van der Waals surface area contributed by atoms with Crippen molar-refractivity contribution in [2.75, 3.05) is 32.8 Å². The molecule has 2 unspecified atom stereocenters. The lowest BCUT2D eigenvalue weighted by Crippen LogP contribution is -2.33. The normalized spacial score (nSPS) is 29.4. The predicted molar refractivity (Wildman–Crippen MR) is 68.2 cm³/mol. The second-order valence-electron chi connectivity index (χ2n) is 4.92. The van der Waals surface area contributed by atoms with Crippen molar-refractivity contribution in [3.63, 3.8) is 0 Å². The molecule has 2 atom stereocenters. The van der Waals surface area contributed by atoms with Crippen LogP contribution in [-0.4, -0.2) is 32.8 Å². The molecule has 0 bridgehead atoms. The topological polar surface area (TPSA) is 33.3 Å². The van der Waals surface area contributed by atoms with E-state index < -0.39 is 0 Å². The van der Waals surface area contributed by atoms with Crippen molar-refractivity contribution < 1.29 is 4.74 Å². The molecule has 2 fully saturated rings. The highest BCUT2D eigenvalue weighted by Crippen LogP contribution is 2.26. The summed E-state index contributed by atoms with van der Waals surface area (Å²) in [5.41, 5.74) is 2.78. The molecule has 1 aromatic carbocycles. The molecule has 2 aliphatic rings. The molecular weight excluding hydrogens is 212 g/mol. The van der Waals surface area contributed by atoms with Gasteiger partial charge in [0.05, 0.1) is 12.7 Å². The Labute approximate surface area is 103 Å². The van der Waals surface area contributed by atoms with Crippen LogP contribution in [0.25, 0.3) is 0 Å². The maximum Gasteiger partial charge on any atom is 0.0949 e. The van der Waals surface area contributed by atoms with Crippen LogP contribution in [0.1, 0.15) is 29.6 Å². The minimum absolute atomic E-state index is 0.234. The molecule has 3 nitrogen and oxygen atoms in total. The number of rotatable bonds is 2. The third-order valence-electron chi connectivity index (χ3n) is 3.74. The second kappa shape index (κ2) is 5.17. The van der Waals surface area contributed by atoms with Crippen LogP contribution >= 0.6 is 0 Å². The van der Waals surface area contributed by atoms with Crippen molar-refractivity contribution in [1.82, 2.24) is 10.6 Å². The number of benzene rings is 1. The Balaban J connectivity index is 1.77. The Morgan fingerprint density at radius 1 is 1.06 bits per heavy atom. The van der Waals surface area contributed by atoms with Crippen molar-refractivity contribution in [3.8, 4) is 0 Å². The second-order valence-corrected chi connectivity index (χ2v) is 4.92. The molecule has 3 rings (SSSR count). The van der Waals surface area contributed by atoms with Gasteiger partial charge in [-0.15, -0.1) is 0 Å². The van der Waals surface area contributed by atoms with E-state index in [-0.39, 0.29) is 6.10 Å². The summed E-state index contributed by atoms with van der Waals surface area (Å²) in [5, 5.41) is 6.81. The molecule has 2 heterocycles. The molecule has 0 amide bonds. The van der Waals surface area contributed by atoms with E-state index in [9.17, 15) is 0 Å². The van der Waals surface area contributed by atoms with Crippen LogP contribution in [0.4, 0.5) is 0 Å². The van der Waals surface area contributed by atoms with E-state index in [2.05, 4.69) is 34.9 Å². The molecule has 1 aromatic rings. The number of hydrogen-bond acceptors (Lipinski definition) is 3. The van der Waals surface area contributed by atoms with Crippen molar-refractivity contribution in [2.45, 2.75) is 18.4 Å². The molecule has 92 valence electrons. The van der Waals surface area contributed by atoms with Crippen LogP contribution in [0, 0.1) is 0 Å². The van der Waals surface area contributed by atoms with Gasteiger partial charge in [-0.25, -0.2) is 0 Å². The molecule has 3 heteroatoms. The van der Waals surface area contributed by atoms with Crippen molar-refractivity contribution in [3.05, 3.63) is 35.4 Å². The van der Waals surface area contributed by atoms with E-state index in [0.717, 1.165) is 32.8 Å². The molecule has 2 aliphatic heterocycles. The number of ether oxygens (including phenoxy) is 1. The third-order valence-corrected chi connectivity index (χ3v) is 3.74. The summed E-state index contributed by atoms with van der Waals surface area (Å²) in [7, 11) is 0. The molecule has 0 aromatic heterocycles. The molecule has 0 spiro atoms. The van der Waals surface area contributed by atoms with Crippen LogP contribution in [0.2, 0.25) is 0 Å². The minimum Gasteiger partial charge on any atom is -0.371 e. The maximum atomic E-state index is 5.80. The largest absolute Gasteiger partial charge is 0.371 e. The van der Waals surface area contributed by atoms with E-state index in [0.29, 0.717) is 5.92 Å². The highest BCUT2D eigenvalue weighted by atomic mass is 16.5. The predicted octanol–water partition coefficient (Wildman–Crippen LogP) is 1.42. The average Bonchev–Trinajstić information content (AvgIpc) is 2.94. The summed E-state index contributed by atoms with van der Waals surface area (Å²) in [6, 6.07) is 8.93. The number of morpholine rings is 1. The first-order valence-corrected chi connectivity index (χ1v) is 6.56. The van der Waals surface area contributed by atoms with Crippen LogP contribution < -0.4 is 10.6 Å². The van der Waals surface area contributed by atoms with Gasteiger partial charge in [0.1, 0.15) is 0 Å². The summed E-state index contributed by atoms with van der Waals surface area (Å²) in [6.45, 7) is 5.00. The summed E-state index contributed by atoms with van der Waals surface area (Å²) in [4.78, 5) is 0. The smallest absolute Gasteiger partial charge is 0.0949 e. The standard InChI is InChI=1S/C14H20N2O/c1-2-11(13-4-5-15-9-13)8-12(3-1)14-10-16-6-7-17-14/h1-3,8,13-16H,4-7,9-10H2. The molecule has 0 aliphatic carbocycles. The van der Waals surface area contributed by atoms with Gasteiger partial charge in [0.2, 0.25) is 0 Å². The Kier molecular flexibility index (Phi) is 3.41. The first kappa shape index (κ1) is 11.2.